The molecule has 4 nitrogen and oxygen atoms in total. The summed E-state index contributed by atoms with van der Waals surface area (Å²) >= 11 is 0. The zero-order valence-electron chi connectivity index (χ0n) is 15.9. The van der Waals surface area contributed by atoms with Crippen molar-refractivity contribution < 1.29 is 4.79 Å². The maximum atomic E-state index is 12.3. The molecule has 1 aliphatic rings. The zero-order valence-corrected chi connectivity index (χ0v) is 15.9. The number of benzene rings is 2. The Morgan fingerprint density at radius 3 is 2.56 bits per heavy atom. The molecule has 2 aromatic carbocycles. The average Bonchev–Trinajstić information content (AvgIpc) is 3.04. The molecule has 0 unspecified atom stereocenters. The summed E-state index contributed by atoms with van der Waals surface area (Å²) in [7, 11) is 0. The third kappa shape index (κ3) is 4.06. The topological polar surface area (TPSA) is 48.1 Å². The fraction of sp³-hybridized carbons (Fsp3) is 0.348. The summed E-state index contributed by atoms with van der Waals surface area (Å²) < 4.78 is 0. The van der Waals surface area contributed by atoms with Gasteiger partial charge in [0.1, 0.15) is 0 Å². The first-order chi connectivity index (χ1) is 13.2. The SMILES string of the molecule is Cc1[nH]c2ccccc2c1C1CCN(CC(=O)NCc2ccccc2)CC1. The van der Waals surface area contributed by atoms with Crippen molar-refractivity contribution in [3.05, 3.63) is 71.4 Å². The highest BCUT2D eigenvalue weighted by Crippen LogP contribution is 2.35. The lowest BCUT2D eigenvalue weighted by Crippen LogP contribution is -2.41. The van der Waals surface area contributed by atoms with Gasteiger partial charge < -0.3 is 10.3 Å². The molecule has 0 aliphatic carbocycles. The lowest BCUT2D eigenvalue weighted by Gasteiger charge is -2.31. The minimum atomic E-state index is 0.112. The van der Waals surface area contributed by atoms with Crippen molar-refractivity contribution >= 4 is 16.8 Å². The molecule has 2 heterocycles. The molecule has 0 spiro atoms. The van der Waals surface area contributed by atoms with Crippen molar-refractivity contribution in [2.24, 2.45) is 0 Å². The molecule has 1 amide bonds. The van der Waals surface area contributed by atoms with E-state index in [0.29, 0.717) is 19.0 Å². The van der Waals surface area contributed by atoms with Gasteiger partial charge in [0.15, 0.2) is 0 Å². The van der Waals surface area contributed by atoms with E-state index < -0.39 is 0 Å². The number of H-pyrrole nitrogens is 1. The van der Waals surface area contributed by atoms with E-state index in [1.807, 2.05) is 30.3 Å². The van der Waals surface area contributed by atoms with E-state index in [-0.39, 0.29) is 5.91 Å². The first-order valence-electron chi connectivity index (χ1n) is 9.81. The van der Waals surface area contributed by atoms with Crippen LogP contribution in [0, 0.1) is 6.92 Å². The Bertz CT molecular complexity index is 908. The van der Waals surface area contributed by atoms with Gasteiger partial charge in [-0.2, -0.15) is 0 Å². The number of amides is 1. The highest BCUT2D eigenvalue weighted by Gasteiger charge is 2.25. The fourth-order valence-electron chi connectivity index (χ4n) is 4.26. The third-order valence-corrected chi connectivity index (χ3v) is 5.64. The quantitative estimate of drug-likeness (QED) is 0.722. The van der Waals surface area contributed by atoms with Crippen LogP contribution in [0.1, 0.15) is 35.6 Å². The fourth-order valence-corrected chi connectivity index (χ4v) is 4.26. The second-order valence-electron chi connectivity index (χ2n) is 7.52. The van der Waals surface area contributed by atoms with Crippen LogP contribution in [-0.2, 0) is 11.3 Å². The van der Waals surface area contributed by atoms with Crippen molar-refractivity contribution in [3.8, 4) is 0 Å². The number of carbonyl (C=O) groups excluding carboxylic acids is 1. The van der Waals surface area contributed by atoms with Crippen LogP contribution in [0.4, 0.5) is 0 Å². The molecule has 0 radical (unpaired) electrons. The second kappa shape index (κ2) is 7.97. The molecule has 4 heteroatoms. The van der Waals surface area contributed by atoms with Gasteiger partial charge in [-0.15, -0.1) is 0 Å². The van der Waals surface area contributed by atoms with Crippen LogP contribution in [0.5, 0.6) is 0 Å². The van der Waals surface area contributed by atoms with E-state index in [0.717, 1.165) is 31.5 Å². The van der Waals surface area contributed by atoms with Crippen molar-refractivity contribution in [1.82, 2.24) is 15.2 Å². The Balaban J connectivity index is 1.31. The standard InChI is InChI=1S/C23H27N3O/c1-17-23(20-9-5-6-10-21(20)25-17)19-11-13-26(14-12-19)16-22(27)24-15-18-7-3-2-4-8-18/h2-10,19,25H,11-16H2,1H3,(H,24,27). The third-order valence-electron chi connectivity index (χ3n) is 5.64. The highest BCUT2D eigenvalue weighted by molar-refractivity contribution is 5.85. The van der Waals surface area contributed by atoms with Crippen LogP contribution < -0.4 is 5.32 Å². The predicted octanol–water partition coefficient (Wildman–Crippen LogP) is 3.97. The van der Waals surface area contributed by atoms with Crippen LogP contribution in [0.3, 0.4) is 0 Å². The number of aryl methyl sites for hydroxylation is 1. The van der Waals surface area contributed by atoms with Crippen molar-refractivity contribution in [2.45, 2.75) is 32.2 Å². The van der Waals surface area contributed by atoms with Crippen LogP contribution in [0.15, 0.2) is 54.6 Å². The molecule has 1 fully saturated rings. The number of piperidine rings is 1. The first kappa shape index (κ1) is 17.8. The number of nitrogens with one attached hydrogen (secondary N) is 2. The molecule has 140 valence electrons. The number of nitrogens with zero attached hydrogens (tertiary/aromatic N) is 1. The Kier molecular flexibility index (Phi) is 5.26. The van der Waals surface area contributed by atoms with Crippen LogP contribution in [-0.4, -0.2) is 35.4 Å². The predicted molar refractivity (Wildman–Crippen MR) is 110 cm³/mol. The number of likely N-dealkylation sites (tertiary alicyclic amines) is 1. The van der Waals surface area contributed by atoms with Gasteiger partial charge >= 0.3 is 0 Å². The van der Waals surface area contributed by atoms with Gasteiger partial charge in [0.05, 0.1) is 6.54 Å². The zero-order chi connectivity index (χ0) is 18.6. The summed E-state index contributed by atoms with van der Waals surface area (Å²) in [6, 6.07) is 18.6. The van der Waals surface area contributed by atoms with Gasteiger partial charge in [-0.3, -0.25) is 9.69 Å². The highest BCUT2D eigenvalue weighted by atomic mass is 16.2. The molecular weight excluding hydrogens is 334 g/mol. The van der Waals surface area contributed by atoms with Crippen molar-refractivity contribution in [3.63, 3.8) is 0 Å². The minimum Gasteiger partial charge on any atom is -0.358 e. The van der Waals surface area contributed by atoms with Gasteiger partial charge in [-0.05, 0) is 56.0 Å². The van der Waals surface area contributed by atoms with E-state index in [2.05, 4.69) is 46.4 Å². The number of hydrogen-bond acceptors (Lipinski definition) is 2. The largest absolute Gasteiger partial charge is 0.358 e. The smallest absolute Gasteiger partial charge is 0.234 e. The molecule has 1 aliphatic heterocycles. The van der Waals surface area contributed by atoms with Crippen LogP contribution >= 0.6 is 0 Å². The van der Waals surface area contributed by atoms with E-state index in [1.54, 1.807) is 0 Å². The first-order valence-corrected chi connectivity index (χ1v) is 9.81. The Labute approximate surface area is 160 Å². The van der Waals surface area contributed by atoms with Crippen molar-refractivity contribution in [1.29, 1.82) is 0 Å². The number of para-hydroxylation sites is 1. The van der Waals surface area contributed by atoms with Gasteiger partial charge in [0.25, 0.3) is 0 Å². The molecular formula is C23H27N3O. The normalized spacial score (nSPS) is 15.9. The number of aromatic amines is 1. The molecule has 1 saturated heterocycles. The summed E-state index contributed by atoms with van der Waals surface area (Å²) in [5.74, 6) is 0.686. The molecule has 2 N–H and O–H groups in total. The summed E-state index contributed by atoms with van der Waals surface area (Å²) in [6.07, 6.45) is 2.21. The number of fused-ring (bicyclic) bond motifs is 1. The van der Waals surface area contributed by atoms with Gasteiger partial charge in [-0.25, -0.2) is 0 Å². The van der Waals surface area contributed by atoms with Crippen LogP contribution in [0.2, 0.25) is 0 Å². The maximum absolute atomic E-state index is 12.3. The van der Waals surface area contributed by atoms with E-state index >= 15 is 0 Å². The van der Waals surface area contributed by atoms with Crippen molar-refractivity contribution in [2.75, 3.05) is 19.6 Å². The summed E-state index contributed by atoms with van der Waals surface area (Å²) in [6.45, 7) is 5.22. The molecule has 3 aromatic rings. The van der Waals surface area contributed by atoms with Gasteiger partial charge in [-0.1, -0.05) is 48.5 Å². The average molecular weight is 361 g/mol. The van der Waals surface area contributed by atoms with E-state index in [9.17, 15) is 4.79 Å². The lowest BCUT2D eigenvalue weighted by molar-refractivity contribution is -0.122. The Hall–Kier alpha value is -2.59. The molecule has 27 heavy (non-hydrogen) atoms. The van der Waals surface area contributed by atoms with E-state index in [1.165, 1.54) is 22.2 Å². The number of hydrogen-bond donors (Lipinski definition) is 2. The molecule has 1 aromatic heterocycles. The second-order valence-corrected chi connectivity index (χ2v) is 7.52. The number of aromatic nitrogens is 1. The molecule has 0 atom stereocenters. The van der Waals surface area contributed by atoms with Crippen LogP contribution in [0.25, 0.3) is 10.9 Å². The summed E-state index contributed by atoms with van der Waals surface area (Å²) in [5.41, 5.74) is 5.13. The number of rotatable bonds is 5. The number of carbonyl (C=O) groups is 1. The minimum absolute atomic E-state index is 0.112. The summed E-state index contributed by atoms with van der Waals surface area (Å²) in [5, 5.41) is 4.39. The Morgan fingerprint density at radius 1 is 1.07 bits per heavy atom. The maximum Gasteiger partial charge on any atom is 0.234 e. The van der Waals surface area contributed by atoms with Gasteiger partial charge in [0.2, 0.25) is 5.91 Å². The monoisotopic (exact) mass is 361 g/mol. The molecule has 0 bridgehead atoms. The molecule has 4 rings (SSSR count). The lowest BCUT2D eigenvalue weighted by atomic mass is 9.87. The summed E-state index contributed by atoms with van der Waals surface area (Å²) in [4.78, 5) is 18.1. The Morgan fingerprint density at radius 2 is 1.78 bits per heavy atom. The molecule has 0 saturated carbocycles. The van der Waals surface area contributed by atoms with Gasteiger partial charge in [0, 0.05) is 23.1 Å². The van der Waals surface area contributed by atoms with E-state index in [4.69, 9.17) is 0 Å².